The van der Waals surface area contributed by atoms with Crippen molar-refractivity contribution in [3.05, 3.63) is 72.9 Å². The first-order chi connectivity index (χ1) is 12.2. The summed E-state index contributed by atoms with van der Waals surface area (Å²) in [6.45, 7) is 17.9. The van der Waals surface area contributed by atoms with Gasteiger partial charge in [-0.05, 0) is 52.8 Å². The van der Waals surface area contributed by atoms with E-state index in [1.54, 1.807) is 0 Å². The van der Waals surface area contributed by atoms with E-state index in [-0.39, 0.29) is 5.41 Å². The SMILES string of the molecule is C=C(NCC(C)(C)C)c1ccc(-c2cc(C(=C)C)c3[nH]ccc3c2)cc1. The minimum absolute atomic E-state index is 0.230. The number of hydrogen-bond donors (Lipinski definition) is 2. The van der Waals surface area contributed by atoms with Gasteiger partial charge in [-0.25, -0.2) is 0 Å². The van der Waals surface area contributed by atoms with Crippen LogP contribution in [0.25, 0.3) is 33.3 Å². The van der Waals surface area contributed by atoms with Crippen LogP contribution in [0.2, 0.25) is 0 Å². The molecule has 0 spiro atoms. The molecule has 0 aliphatic carbocycles. The van der Waals surface area contributed by atoms with Gasteiger partial charge in [0.25, 0.3) is 0 Å². The van der Waals surface area contributed by atoms with Crippen LogP contribution in [0.4, 0.5) is 0 Å². The van der Waals surface area contributed by atoms with Crippen molar-refractivity contribution in [3.8, 4) is 11.1 Å². The Labute approximate surface area is 156 Å². The molecule has 2 aromatic carbocycles. The number of fused-ring (bicyclic) bond motifs is 1. The molecule has 0 atom stereocenters. The van der Waals surface area contributed by atoms with E-state index in [1.165, 1.54) is 22.1 Å². The molecule has 2 N–H and O–H groups in total. The lowest BCUT2D eigenvalue weighted by molar-refractivity contribution is 0.406. The van der Waals surface area contributed by atoms with Gasteiger partial charge in [-0.1, -0.05) is 58.2 Å². The third kappa shape index (κ3) is 3.91. The van der Waals surface area contributed by atoms with Crippen LogP contribution in [0.5, 0.6) is 0 Å². The van der Waals surface area contributed by atoms with Crippen LogP contribution in [0.15, 0.2) is 61.8 Å². The zero-order valence-corrected chi connectivity index (χ0v) is 16.2. The number of aromatic amines is 1. The summed E-state index contributed by atoms with van der Waals surface area (Å²) in [5.74, 6) is 0. The molecule has 134 valence electrons. The van der Waals surface area contributed by atoms with Crippen molar-refractivity contribution in [1.29, 1.82) is 0 Å². The predicted molar refractivity (Wildman–Crippen MR) is 115 cm³/mol. The lowest BCUT2D eigenvalue weighted by Crippen LogP contribution is -2.25. The van der Waals surface area contributed by atoms with E-state index >= 15 is 0 Å². The van der Waals surface area contributed by atoms with Gasteiger partial charge in [-0.3, -0.25) is 0 Å². The third-order valence-electron chi connectivity index (χ3n) is 4.52. The van der Waals surface area contributed by atoms with Gasteiger partial charge in [0, 0.05) is 29.4 Å². The van der Waals surface area contributed by atoms with Crippen molar-refractivity contribution in [3.63, 3.8) is 0 Å². The molecule has 0 aliphatic rings. The van der Waals surface area contributed by atoms with Crippen molar-refractivity contribution in [1.82, 2.24) is 10.3 Å². The molecule has 1 aromatic heterocycles. The average Bonchev–Trinajstić information content (AvgIpc) is 3.06. The number of benzene rings is 2. The van der Waals surface area contributed by atoms with E-state index in [0.29, 0.717) is 0 Å². The van der Waals surface area contributed by atoms with E-state index < -0.39 is 0 Å². The number of allylic oxidation sites excluding steroid dienone is 1. The summed E-state index contributed by atoms with van der Waals surface area (Å²) < 4.78 is 0. The average molecular weight is 345 g/mol. The molecular formula is C24H28N2. The van der Waals surface area contributed by atoms with E-state index in [2.05, 4.69) is 86.7 Å². The van der Waals surface area contributed by atoms with Gasteiger partial charge >= 0.3 is 0 Å². The molecule has 0 saturated carbocycles. The Hall–Kier alpha value is -2.74. The molecule has 0 aliphatic heterocycles. The van der Waals surface area contributed by atoms with Gasteiger partial charge < -0.3 is 10.3 Å². The first-order valence-electron chi connectivity index (χ1n) is 9.05. The van der Waals surface area contributed by atoms with Crippen LogP contribution >= 0.6 is 0 Å². The molecule has 0 saturated heterocycles. The quantitative estimate of drug-likeness (QED) is 0.545. The smallest absolute Gasteiger partial charge is 0.0530 e. The summed E-state index contributed by atoms with van der Waals surface area (Å²) in [6.07, 6.45) is 1.98. The van der Waals surface area contributed by atoms with Gasteiger partial charge in [0.2, 0.25) is 0 Å². The lowest BCUT2D eigenvalue weighted by Gasteiger charge is -2.21. The number of H-pyrrole nitrogens is 1. The first kappa shape index (κ1) is 18.1. The van der Waals surface area contributed by atoms with Gasteiger partial charge in [-0.15, -0.1) is 0 Å². The Bertz CT molecular complexity index is 950. The Morgan fingerprint density at radius 2 is 1.69 bits per heavy atom. The molecule has 2 nitrogen and oxygen atoms in total. The van der Waals surface area contributed by atoms with Crippen molar-refractivity contribution >= 4 is 22.2 Å². The second-order valence-electron chi connectivity index (χ2n) is 8.22. The molecule has 0 radical (unpaired) electrons. The minimum atomic E-state index is 0.230. The highest BCUT2D eigenvalue weighted by molar-refractivity contribution is 5.94. The standard InChI is InChI=1S/C24H28N2/c1-16(2)22-14-21(13-20-11-12-25-23(20)22)19-9-7-18(8-10-19)17(3)26-15-24(4,5)6/h7-14,25-26H,1,3,15H2,2,4-6H3. The highest BCUT2D eigenvalue weighted by Gasteiger charge is 2.11. The van der Waals surface area contributed by atoms with Crippen LogP contribution in [-0.2, 0) is 0 Å². The summed E-state index contributed by atoms with van der Waals surface area (Å²) in [5, 5.41) is 4.64. The molecule has 26 heavy (non-hydrogen) atoms. The highest BCUT2D eigenvalue weighted by atomic mass is 14.9. The molecule has 0 fully saturated rings. The van der Waals surface area contributed by atoms with E-state index in [1.807, 2.05) is 13.1 Å². The fourth-order valence-electron chi connectivity index (χ4n) is 3.01. The highest BCUT2D eigenvalue weighted by Crippen LogP contribution is 2.31. The van der Waals surface area contributed by atoms with Gasteiger partial charge in [0.05, 0.1) is 5.52 Å². The summed E-state index contributed by atoms with van der Waals surface area (Å²) in [6, 6.07) is 15.1. The van der Waals surface area contributed by atoms with Gasteiger partial charge in [0.1, 0.15) is 0 Å². The maximum Gasteiger partial charge on any atom is 0.0530 e. The summed E-state index contributed by atoms with van der Waals surface area (Å²) in [4.78, 5) is 3.32. The van der Waals surface area contributed by atoms with E-state index in [9.17, 15) is 0 Å². The monoisotopic (exact) mass is 344 g/mol. The zero-order valence-electron chi connectivity index (χ0n) is 16.2. The van der Waals surface area contributed by atoms with E-state index in [4.69, 9.17) is 0 Å². The first-order valence-corrected chi connectivity index (χ1v) is 9.05. The summed E-state index contributed by atoms with van der Waals surface area (Å²) in [7, 11) is 0. The van der Waals surface area contributed by atoms with Crippen LogP contribution in [0.1, 0.15) is 38.8 Å². The Balaban J connectivity index is 1.88. The van der Waals surface area contributed by atoms with Crippen molar-refractivity contribution in [2.45, 2.75) is 27.7 Å². The van der Waals surface area contributed by atoms with Crippen LogP contribution in [0.3, 0.4) is 0 Å². The zero-order chi connectivity index (χ0) is 18.9. The van der Waals surface area contributed by atoms with Gasteiger partial charge in [-0.2, -0.15) is 0 Å². The van der Waals surface area contributed by atoms with Crippen LogP contribution in [0, 0.1) is 5.41 Å². The number of nitrogens with one attached hydrogen (secondary N) is 2. The predicted octanol–water partition coefficient (Wildman–Crippen LogP) is 6.47. The Morgan fingerprint density at radius 3 is 2.31 bits per heavy atom. The number of aromatic nitrogens is 1. The van der Waals surface area contributed by atoms with Crippen LogP contribution in [-0.4, -0.2) is 11.5 Å². The van der Waals surface area contributed by atoms with Crippen LogP contribution < -0.4 is 5.32 Å². The second-order valence-corrected chi connectivity index (χ2v) is 8.22. The van der Waals surface area contributed by atoms with Crippen molar-refractivity contribution in [2.24, 2.45) is 5.41 Å². The van der Waals surface area contributed by atoms with Crippen molar-refractivity contribution in [2.75, 3.05) is 6.54 Å². The molecule has 3 rings (SSSR count). The van der Waals surface area contributed by atoms with E-state index in [0.717, 1.165) is 28.9 Å². The van der Waals surface area contributed by atoms with Gasteiger partial charge in [0.15, 0.2) is 0 Å². The molecule has 0 amide bonds. The largest absolute Gasteiger partial charge is 0.385 e. The third-order valence-corrected chi connectivity index (χ3v) is 4.52. The molecular weight excluding hydrogens is 316 g/mol. The lowest BCUT2D eigenvalue weighted by atomic mass is 9.95. The normalized spacial score (nSPS) is 11.5. The topological polar surface area (TPSA) is 27.8 Å². The molecule has 0 bridgehead atoms. The number of rotatable bonds is 5. The Kier molecular flexibility index (Phi) is 4.78. The second kappa shape index (κ2) is 6.87. The maximum atomic E-state index is 4.17. The molecule has 1 heterocycles. The Morgan fingerprint density at radius 1 is 1.00 bits per heavy atom. The fourth-order valence-corrected chi connectivity index (χ4v) is 3.01. The molecule has 2 heteroatoms. The molecule has 3 aromatic rings. The number of hydrogen-bond acceptors (Lipinski definition) is 1. The fraction of sp³-hybridized carbons (Fsp3) is 0.250. The van der Waals surface area contributed by atoms with Crippen molar-refractivity contribution < 1.29 is 0 Å². The molecule has 0 unspecified atom stereocenters. The minimum Gasteiger partial charge on any atom is -0.385 e. The maximum absolute atomic E-state index is 4.17. The summed E-state index contributed by atoms with van der Waals surface area (Å²) >= 11 is 0. The summed E-state index contributed by atoms with van der Waals surface area (Å²) in [5.41, 5.74) is 8.11.